The first-order chi connectivity index (χ1) is 9.15. The van der Waals surface area contributed by atoms with Crippen LogP contribution in [0.3, 0.4) is 0 Å². The summed E-state index contributed by atoms with van der Waals surface area (Å²) in [5.74, 6) is -0.490. The molecule has 0 bridgehead atoms. The van der Waals surface area contributed by atoms with E-state index in [-0.39, 0.29) is 12.2 Å². The predicted molar refractivity (Wildman–Crippen MR) is 66.6 cm³/mol. The summed E-state index contributed by atoms with van der Waals surface area (Å²) < 4.78 is 9.99. The average molecular weight is 263 g/mol. The third-order valence-electron chi connectivity index (χ3n) is 3.07. The number of fused-ring (bicyclic) bond motifs is 1. The van der Waals surface area contributed by atoms with E-state index in [0.717, 1.165) is 5.56 Å². The van der Waals surface area contributed by atoms with Crippen LogP contribution in [0.4, 0.5) is 4.79 Å². The normalized spacial score (nSPS) is 19.1. The van der Waals surface area contributed by atoms with Crippen LogP contribution in [-0.4, -0.2) is 35.2 Å². The van der Waals surface area contributed by atoms with Crippen LogP contribution in [0.25, 0.3) is 11.1 Å². The van der Waals surface area contributed by atoms with E-state index in [9.17, 15) is 9.59 Å². The van der Waals surface area contributed by atoms with Gasteiger partial charge in [-0.3, -0.25) is 4.98 Å². The summed E-state index contributed by atoms with van der Waals surface area (Å²) in [5.41, 5.74) is 7.47. The van der Waals surface area contributed by atoms with Crippen molar-refractivity contribution in [3.05, 3.63) is 34.3 Å². The third kappa shape index (κ3) is 2.19. The van der Waals surface area contributed by atoms with Crippen LogP contribution in [0, 0.1) is 0 Å². The number of hydrogen-bond donors (Lipinski definition) is 2. The molecule has 0 radical (unpaired) electrons. The minimum absolute atomic E-state index is 0.245. The van der Waals surface area contributed by atoms with Crippen molar-refractivity contribution in [3.8, 4) is 0 Å². The zero-order valence-corrected chi connectivity index (χ0v) is 10.1. The first kappa shape index (κ1) is 11.8. The lowest BCUT2D eigenvalue weighted by molar-refractivity contribution is 0.134. The second kappa shape index (κ2) is 4.43. The Kier molecular flexibility index (Phi) is 2.75. The maximum absolute atomic E-state index is 11.6. The number of carbonyl (C=O) groups excluding carboxylic acids is 1. The molecule has 2 aromatic rings. The number of nitrogens with zero attached hydrogens (tertiary/aromatic N) is 1. The number of aromatic nitrogens is 1. The van der Waals surface area contributed by atoms with Crippen molar-refractivity contribution in [3.63, 3.8) is 0 Å². The highest BCUT2D eigenvalue weighted by Crippen LogP contribution is 2.17. The number of H-pyrrole nitrogens is 1. The number of oxazole rings is 1. The number of benzene rings is 1. The number of hydrogen-bond acceptors (Lipinski definition) is 5. The summed E-state index contributed by atoms with van der Waals surface area (Å²) >= 11 is 0. The van der Waals surface area contributed by atoms with Crippen molar-refractivity contribution in [2.75, 3.05) is 13.1 Å². The van der Waals surface area contributed by atoms with Gasteiger partial charge in [0.25, 0.3) is 0 Å². The Hall–Kier alpha value is -2.28. The second-order valence-corrected chi connectivity index (χ2v) is 4.47. The third-order valence-corrected chi connectivity index (χ3v) is 3.07. The molecule has 7 nitrogen and oxygen atoms in total. The molecule has 19 heavy (non-hydrogen) atoms. The van der Waals surface area contributed by atoms with E-state index in [1.807, 2.05) is 6.07 Å². The minimum atomic E-state index is -0.490. The van der Waals surface area contributed by atoms with Crippen molar-refractivity contribution in [1.82, 2.24) is 9.88 Å². The lowest BCUT2D eigenvalue weighted by Gasteiger charge is -2.12. The second-order valence-electron chi connectivity index (χ2n) is 4.47. The van der Waals surface area contributed by atoms with Crippen molar-refractivity contribution in [2.45, 2.75) is 12.6 Å². The Bertz CT molecular complexity index is 675. The van der Waals surface area contributed by atoms with Crippen molar-refractivity contribution in [1.29, 1.82) is 0 Å². The molecule has 3 rings (SSSR count). The largest absolute Gasteiger partial charge is 0.443 e. The summed E-state index contributed by atoms with van der Waals surface area (Å²) in [4.78, 5) is 26.8. The van der Waals surface area contributed by atoms with E-state index < -0.39 is 5.76 Å². The van der Waals surface area contributed by atoms with Gasteiger partial charge in [0.05, 0.1) is 12.1 Å². The SMILES string of the molecule is NCC1CN(Cc2ccc3oc(=O)[nH]c3c2)C(=O)O1. The van der Waals surface area contributed by atoms with E-state index >= 15 is 0 Å². The fraction of sp³-hybridized carbons (Fsp3) is 0.333. The smallest absolute Gasteiger partial charge is 0.417 e. The molecule has 1 atom stereocenters. The summed E-state index contributed by atoms with van der Waals surface area (Å²) in [7, 11) is 0. The summed E-state index contributed by atoms with van der Waals surface area (Å²) in [6.45, 7) is 1.21. The monoisotopic (exact) mass is 263 g/mol. The van der Waals surface area contributed by atoms with E-state index in [1.54, 1.807) is 17.0 Å². The highest BCUT2D eigenvalue weighted by molar-refractivity contribution is 5.73. The zero-order chi connectivity index (χ0) is 13.4. The number of rotatable bonds is 3. The van der Waals surface area contributed by atoms with E-state index in [0.29, 0.717) is 30.7 Å². The van der Waals surface area contributed by atoms with Gasteiger partial charge in [-0.1, -0.05) is 6.07 Å². The lowest BCUT2D eigenvalue weighted by atomic mass is 10.2. The maximum atomic E-state index is 11.6. The molecule has 1 saturated heterocycles. The molecule has 1 aliphatic heterocycles. The Labute approximate surface area is 107 Å². The fourth-order valence-electron chi connectivity index (χ4n) is 2.14. The molecule has 100 valence electrons. The van der Waals surface area contributed by atoms with Crippen LogP contribution < -0.4 is 11.5 Å². The molecule has 1 fully saturated rings. The molecular formula is C12H13N3O4. The van der Waals surface area contributed by atoms with Crippen LogP contribution in [0.5, 0.6) is 0 Å². The van der Waals surface area contributed by atoms with Crippen molar-refractivity contribution in [2.24, 2.45) is 5.73 Å². The summed E-state index contributed by atoms with van der Waals surface area (Å²) in [5, 5.41) is 0. The summed E-state index contributed by atoms with van der Waals surface area (Å²) in [6.07, 6.45) is -0.610. The molecule has 3 N–H and O–H groups in total. The van der Waals surface area contributed by atoms with Gasteiger partial charge in [0.15, 0.2) is 5.58 Å². The van der Waals surface area contributed by atoms with Gasteiger partial charge in [-0.2, -0.15) is 0 Å². The topological polar surface area (TPSA) is 102 Å². The Morgan fingerprint density at radius 3 is 3.00 bits per heavy atom. The molecule has 1 amide bonds. The number of carbonyl (C=O) groups is 1. The highest BCUT2D eigenvalue weighted by atomic mass is 16.6. The van der Waals surface area contributed by atoms with Crippen LogP contribution in [0.1, 0.15) is 5.56 Å². The van der Waals surface area contributed by atoms with Gasteiger partial charge in [0, 0.05) is 13.1 Å². The molecule has 0 aliphatic carbocycles. The van der Waals surface area contributed by atoms with Gasteiger partial charge in [-0.05, 0) is 17.7 Å². The van der Waals surface area contributed by atoms with Crippen LogP contribution >= 0.6 is 0 Å². The number of amides is 1. The number of cyclic esters (lactones) is 1. The van der Waals surface area contributed by atoms with Gasteiger partial charge in [0.2, 0.25) is 0 Å². The van der Waals surface area contributed by atoms with Gasteiger partial charge in [-0.15, -0.1) is 0 Å². The average Bonchev–Trinajstić information content (AvgIpc) is 2.91. The van der Waals surface area contributed by atoms with E-state index in [4.69, 9.17) is 14.9 Å². The highest BCUT2D eigenvalue weighted by Gasteiger charge is 2.30. The number of ether oxygens (including phenoxy) is 1. The standard InChI is InChI=1S/C12H13N3O4/c13-4-8-6-15(12(17)18-8)5-7-1-2-10-9(3-7)14-11(16)19-10/h1-3,8H,4-6,13H2,(H,14,16). The molecule has 2 heterocycles. The van der Waals surface area contributed by atoms with Crippen molar-refractivity contribution >= 4 is 17.2 Å². The van der Waals surface area contributed by atoms with Crippen molar-refractivity contribution < 1.29 is 13.9 Å². The number of nitrogens with two attached hydrogens (primary N) is 1. The Morgan fingerprint density at radius 1 is 1.42 bits per heavy atom. The quantitative estimate of drug-likeness (QED) is 0.834. The maximum Gasteiger partial charge on any atom is 0.417 e. The lowest BCUT2D eigenvalue weighted by Crippen LogP contribution is -2.27. The molecule has 7 heteroatoms. The molecule has 1 aliphatic rings. The first-order valence-corrected chi connectivity index (χ1v) is 5.93. The van der Waals surface area contributed by atoms with E-state index in [2.05, 4.69) is 4.98 Å². The number of aromatic amines is 1. The zero-order valence-electron chi connectivity index (χ0n) is 10.1. The van der Waals surface area contributed by atoms with Gasteiger partial charge in [0.1, 0.15) is 6.10 Å². The van der Waals surface area contributed by atoms with Gasteiger partial charge >= 0.3 is 11.8 Å². The Balaban J connectivity index is 1.81. The van der Waals surface area contributed by atoms with Gasteiger partial charge in [-0.25, -0.2) is 9.59 Å². The minimum Gasteiger partial charge on any atom is -0.443 e. The molecule has 1 unspecified atom stereocenters. The van der Waals surface area contributed by atoms with Crippen LogP contribution in [0.2, 0.25) is 0 Å². The Morgan fingerprint density at radius 2 is 2.26 bits per heavy atom. The first-order valence-electron chi connectivity index (χ1n) is 5.93. The summed E-state index contributed by atoms with van der Waals surface area (Å²) in [6, 6.07) is 5.29. The van der Waals surface area contributed by atoms with Crippen LogP contribution in [-0.2, 0) is 11.3 Å². The predicted octanol–water partition coefficient (Wildman–Crippen LogP) is 0.401. The molecule has 0 saturated carbocycles. The number of nitrogens with one attached hydrogen (secondary N) is 1. The molecule has 1 aromatic heterocycles. The van der Waals surface area contributed by atoms with Gasteiger partial charge < -0.3 is 19.8 Å². The molecule has 1 aromatic carbocycles. The van der Waals surface area contributed by atoms with Crippen LogP contribution in [0.15, 0.2) is 27.4 Å². The fourth-order valence-corrected chi connectivity index (χ4v) is 2.14. The molecule has 0 spiro atoms. The van der Waals surface area contributed by atoms with E-state index in [1.165, 1.54) is 0 Å². The molecular weight excluding hydrogens is 250 g/mol.